The minimum atomic E-state index is -0.847. The molecule has 1 aromatic rings. The van der Waals surface area contributed by atoms with E-state index in [2.05, 4.69) is 5.32 Å². The summed E-state index contributed by atoms with van der Waals surface area (Å²) < 4.78 is 1.36. The molecular weight excluding hydrogens is 308 g/mol. The second-order valence-electron chi connectivity index (χ2n) is 6.71. The molecule has 1 aliphatic carbocycles. The van der Waals surface area contributed by atoms with Gasteiger partial charge in [-0.05, 0) is 24.8 Å². The number of carbonyl (C=O) groups excluding carboxylic acids is 1. The summed E-state index contributed by atoms with van der Waals surface area (Å²) in [6.45, 7) is 0. The minimum Gasteiger partial charge on any atom is -0.481 e. The van der Waals surface area contributed by atoms with Crippen LogP contribution < -0.4 is 10.9 Å². The Hall–Kier alpha value is -2.11. The van der Waals surface area contributed by atoms with Crippen LogP contribution in [0.5, 0.6) is 0 Å². The number of amides is 1. The van der Waals surface area contributed by atoms with Crippen molar-refractivity contribution >= 4 is 11.9 Å². The number of aromatic nitrogens is 1. The molecule has 132 valence electrons. The Balaban J connectivity index is 2.01. The number of pyridine rings is 1. The third kappa shape index (κ3) is 5.51. The molecule has 0 bridgehead atoms. The molecule has 1 heterocycles. The number of rotatable bonds is 7. The molecule has 1 aliphatic rings. The van der Waals surface area contributed by atoms with Crippen LogP contribution in [0.3, 0.4) is 0 Å². The highest BCUT2D eigenvalue weighted by molar-refractivity contribution is 5.94. The van der Waals surface area contributed by atoms with Crippen molar-refractivity contribution in [2.75, 3.05) is 0 Å². The lowest BCUT2D eigenvalue weighted by molar-refractivity contribution is -0.137. The van der Waals surface area contributed by atoms with E-state index in [0.717, 1.165) is 19.3 Å². The van der Waals surface area contributed by atoms with E-state index in [9.17, 15) is 14.4 Å². The molecule has 1 atom stereocenters. The molecular formula is C18H26N2O4. The fraction of sp³-hybridized carbons (Fsp3) is 0.611. The van der Waals surface area contributed by atoms with Crippen molar-refractivity contribution in [3.8, 4) is 0 Å². The molecule has 1 aromatic heterocycles. The number of carbonyl (C=O) groups is 2. The van der Waals surface area contributed by atoms with Gasteiger partial charge in [-0.3, -0.25) is 14.4 Å². The molecule has 24 heavy (non-hydrogen) atoms. The predicted molar refractivity (Wildman–Crippen MR) is 91.0 cm³/mol. The van der Waals surface area contributed by atoms with E-state index in [1.54, 1.807) is 7.05 Å². The summed E-state index contributed by atoms with van der Waals surface area (Å²) in [7, 11) is 1.60. The van der Waals surface area contributed by atoms with Crippen LogP contribution in [0.15, 0.2) is 23.1 Å². The zero-order valence-electron chi connectivity index (χ0n) is 14.2. The largest absolute Gasteiger partial charge is 0.481 e. The monoisotopic (exact) mass is 334 g/mol. The van der Waals surface area contributed by atoms with E-state index in [4.69, 9.17) is 5.11 Å². The van der Waals surface area contributed by atoms with Gasteiger partial charge in [-0.15, -0.1) is 0 Å². The van der Waals surface area contributed by atoms with Crippen molar-refractivity contribution in [3.63, 3.8) is 0 Å². The number of nitrogens with zero attached hydrogens (tertiary/aromatic N) is 1. The number of carboxylic acids is 1. The molecule has 2 rings (SSSR count). The van der Waals surface area contributed by atoms with E-state index >= 15 is 0 Å². The van der Waals surface area contributed by atoms with Crippen molar-refractivity contribution in [2.45, 2.75) is 57.4 Å². The number of aryl methyl sites for hydroxylation is 1. The summed E-state index contributed by atoms with van der Waals surface area (Å²) in [5.41, 5.74) is 0.247. The van der Waals surface area contributed by atoms with Crippen LogP contribution in [-0.2, 0) is 11.8 Å². The Bertz CT molecular complexity index is 632. The quantitative estimate of drug-likeness (QED) is 0.801. The summed E-state index contributed by atoms with van der Waals surface area (Å²) in [5, 5.41) is 11.9. The van der Waals surface area contributed by atoms with Crippen molar-refractivity contribution in [1.29, 1.82) is 0 Å². The van der Waals surface area contributed by atoms with Crippen LogP contribution in [0.25, 0.3) is 0 Å². The lowest BCUT2D eigenvalue weighted by Crippen LogP contribution is -2.37. The van der Waals surface area contributed by atoms with Crippen LogP contribution in [0.4, 0.5) is 0 Å². The molecule has 1 unspecified atom stereocenters. The third-order valence-corrected chi connectivity index (χ3v) is 4.73. The summed E-state index contributed by atoms with van der Waals surface area (Å²) in [4.78, 5) is 34.7. The molecule has 0 aromatic carbocycles. The lowest BCUT2D eigenvalue weighted by atomic mass is 9.84. The minimum absolute atomic E-state index is 0.0466. The normalized spacial score (nSPS) is 16.5. The van der Waals surface area contributed by atoms with Crippen molar-refractivity contribution in [3.05, 3.63) is 34.2 Å². The topological polar surface area (TPSA) is 88.4 Å². The van der Waals surface area contributed by atoms with E-state index in [1.807, 2.05) is 0 Å². The zero-order chi connectivity index (χ0) is 17.5. The molecule has 1 amide bonds. The van der Waals surface area contributed by atoms with E-state index in [1.165, 1.54) is 42.2 Å². The average Bonchev–Trinajstić information content (AvgIpc) is 2.56. The molecule has 6 heteroatoms. The Morgan fingerprint density at radius 3 is 2.62 bits per heavy atom. The first-order valence-corrected chi connectivity index (χ1v) is 8.65. The smallest absolute Gasteiger partial charge is 0.303 e. The molecule has 2 N–H and O–H groups in total. The van der Waals surface area contributed by atoms with Gasteiger partial charge in [0.25, 0.3) is 5.91 Å². The fourth-order valence-corrected chi connectivity index (χ4v) is 3.37. The summed E-state index contributed by atoms with van der Waals surface area (Å²) >= 11 is 0. The van der Waals surface area contributed by atoms with E-state index in [-0.39, 0.29) is 23.9 Å². The number of carboxylic acid groups (broad SMARTS) is 1. The maximum atomic E-state index is 12.4. The lowest BCUT2D eigenvalue weighted by Gasteiger charge is -2.27. The molecule has 1 fully saturated rings. The Labute approximate surface area is 141 Å². The molecule has 0 saturated heterocycles. The zero-order valence-corrected chi connectivity index (χ0v) is 14.2. The summed E-state index contributed by atoms with van der Waals surface area (Å²) in [6, 6.07) is 2.73. The number of hydrogen-bond donors (Lipinski definition) is 2. The van der Waals surface area contributed by atoms with Gasteiger partial charge in [0.1, 0.15) is 0 Å². The van der Waals surface area contributed by atoms with Crippen LogP contribution >= 0.6 is 0 Å². The van der Waals surface area contributed by atoms with Gasteiger partial charge in [0.2, 0.25) is 5.56 Å². The van der Waals surface area contributed by atoms with Crippen molar-refractivity contribution in [1.82, 2.24) is 9.88 Å². The highest BCUT2D eigenvalue weighted by atomic mass is 16.4. The van der Waals surface area contributed by atoms with Crippen LogP contribution in [0.1, 0.15) is 61.7 Å². The maximum absolute atomic E-state index is 12.4. The number of hydrogen-bond acceptors (Lipinski definition) is 3. The Morgan fingerprint density at radius 1 is 1.29 bits per heavy atom. The fourth-order valence-electron chi connectivity index (χ4n) is 3.37. The average molecular weight is 334 g/mol. The maximum Gasteiger partial charge on any atom is 0.303 e. The Kier molecular flexibility index (Phi) is 6.58. The molecule has 1 saturated carbocycles. The van der Waals surface area contributed by atoms with Gasteiger partial charge in [-0.25, -0.2) is 0 Å². The first kappa shape index (κ1) is 18.2. The van der Waals surface area contributed by atoms with Gasteiger partial charge in [-0.1, -0.05) is 32.1 Å². The van der Waals surface area contributed by atoms with Crippen LogP contribution in [0.2, 0.25) is 0 Å². The van der Waals surface area contributed by atoms with Gasteiger partial charge in [0.15, 0.2) is 0 Å². The summed E-state index contributed by atoms with van der Waals surface area (Å²) in [5.74, 6) is -0.547. The van der Waals surface area contributed by atoms with Crippen LogP contribution in [0, 0.1) is 5.92 Å². The third-order valence-electron chi connectivity index (χ3n) is 4.73. The first-order valence-electron chi connectivity index (χ1n) is 8.65. The number of nitrogens with one attached hydrogen (secondary N) is 1. The highest BCUT2D eigenvalue weighted by Gasteiger charge is 2.21. The highest BCUT2D eigenvalue weighted by Crippen LogP contribution is 2.28. The SMILES string of the molecule is Cn1cc(C(=O)NC(CCC(=O)O)CC2CCCCC2)ccc1=O. The van der Waals surface area contributed by atoms with Gasteiger partial charge < -0.3 is 15.0 Å². The second kappa shape index (κ2) is 8.66. The molecule has 6 nitrogen and oxygen atoms in total. The van der Waals surface area contributed by atoms with Gasteiger partial charge >= 0.3 is 5.97 Å². The molecule has 0 spiro atoms. The van der Waals surface area contributed by atoms with E-state index < -0.39 is 5.97 Å². The van der Waals surface area contributed by atoms with Gasteiger partial charge in [0.05, 0.1) is 5.56 Å². The number of aliphatic carboxylic acids is 1. The molecule has 0 radical (unpaired) electrons. The van der Waals surface area contributed by atoms with Crippen LogP contribution in [-0.4, -0.2) is 27.6 Å². The standard InChI is InChI=1S/C18H26N2O4/c1-20-12-14(7-9-16(20)21)18(24)19-15(8-10-17(22)23)11-13-5-3-2-4-6-13/h7,9,12-13,15H,2-6,8,10-11H2,1H3,(H,19,24)(H,22,23). The molecule has 0 aliphatic heterocycles. The van der Waals surface area contributed by atoms with Crippen molar-refractivity contribution < 1.29 is 14.7 Å². The second-order valence-corrected chi connectivity index (χ2v) is 6.71. The summed E-state index contributed by atoms with van der Waals surface area (Å²) in [6.07, 6.45) is 8.81. The van der Waals surface area contributed by atoms with E-state index in [0.29, 0.717) is 17.9 Å². The Morgan fingerprint density at radius 2 is 2.00 bits per heavy atom. The van der Waals surface area contributed by atoms with Crippen molar-refractivity contribution in [2.24, 2.45) is 13.0 Å². The van der Waals surface area contributed by atoms with Gasteiger partial charge in [0, 0.05) is 31.8 Å². The van der Waals surface area contributed by atoms with Gasteiger partial charge in [-0.2, -0.15) is 0 Å². The predicted octanol–water partition coefficient (Wildman–Crippen LogP) is 2.32. The first-order chi connectivity index (χ1) is 11.5.